The number of aromatic hydroxyl groups is 1. The molecule has 152 valence electrons. The van der Waals surface area contributed by atoms with Gasteiger partial charge in [0.15, 0.2) is 5.82 Å². The Bertz CT molecular complexity index is 965. The molecule has 1 atom stereocenters. The van der Waals surface area contributed by atoms with Crippen molar-refractivity contribution < 1.29 is 13.9 Å². The topological polar surface area (TPSA) is 76.3 Å². The predicted octanol–water partition coefficient (Wildman–Crippen LogP) is 3.12. The molecule has 2 aliphatic heterocycles. The Labute approximate surface area is 168 Å². The highest BCUT2D eigenvalue weighted by atomic mass is 19.3. The van der Waals surface area contributed by atoms with Crippen molar-refractivity contribution in [3.8, 4) is 23.1 Å². The third-order valence-corrected chi connectivity index (χ3v) is 5.67. The van der Waals surface area contributed by atoms with E-state index in [0.717, 1.165) is 24.0 Å². The van der Waals surface area contributed by atoms with Gasteiger partial charge in [-0.1, -0.05) is 0 Å². The molecule has 29 heavy (non-hydrogen) atoms. The zero-order chi connectivity index (χ0) is 20.8. The van der Waals surface area contributed by atoms with Gasteiger partial charge in [0.05, 0.1) is 23.9 Å². The summed E-state index contributed by atoms with van der Waals surface area (Å²) in [5.41, 5.74) is 3.12. The summed E-state index contributed by atoms with van der Waals surface area (Å²) >= 11 is 0. The van der Waals surface area contributed by atoms with Crippen molar-refractivity contribution in [2.24, 2.45) is 0 Å². The number of hydrogen-bond acceptors (Lipinski definition) is 6. The molecule has 2 aromatic rings. The maximum absolute atomic E-state index is 14.1. The quantitative estimate of drug-likeness (QED) is 0.836. The van der Waals surface area contributed by atoms with E-state index in [1.165, 1.54) is 6.07 Å². The maximum Gasteiger partial charge on any atom is 0.262 e. The van der Waals surface area contributed by atoms with Gasteiger partial charge in [0, 0.05) is 31.1 Å². The van der Waals surface area contributed by atoms with Crippen LogP contribution in [-0.4, -0.2) is 58.9 Å². The van der Waals surface area contributed by atoms with E-state index in [4.69, 9.17) is 5.26 Å². The van der Waals surface area contributed by atoms with Crippen LogP contribution in [-0.2, 0) is 6.42 Å². The van der Waals surface area contributed by atoms with E-state index in [2.05, 4.69) is 10.2 Å². The van der Waals surface area contributed by atoms with Crippen LogP contribution in [0.5, 0.6) is 5.75 Å². The first-order chi connectivity index (χ1) is 13.8. The molecule has 4 rings (SSSR count). The number of fused-ring (bicyclic) bond motifs is 1. The molecule has 0 saturated carbocycles. The van der Waals surface area contributed by atoms with Gasteiger partial charge in [0.25, 0.3) is 5.92 Å². The van der Waals surface area contributed by atoms with Crippen LogP contribution in [0.1, 0.15) is 29.5 Å². The lowest BCUT2D eigenvalue weighted by Gasteiger charge is -2.43. The molecule has 0 spiro atoms. The van der Waals surface area contributed by atoms with E-state index in [1.54, 1.807) is 18.0 Å². The summed E-state index contributed by atoms with van der Waals surface area (Å²) < 4.78 is 28.2. The Morgan fingerprint density at radius 2 is 2.07 bits per heavy atom. The van der Waals surface area contributed by atoms with E-state index in [-0.39, 0.29) is 24.8 Å². The number of phenols is 1. The van der Waals surface area contributed by atoms with E-state index < -0.39 is 5.92 Å². The molecular weight excluding hydrogens is 376 g/mol. The van der Waals surface area contributed by atoms with E-state index in [0.29, 0.717) is 35.7 Å². The highest BCUT2D eigenvalue weighted by molar-refractivity contribution is 5.73. The first kappa shape index (κ1) is 19.5. The molecule has 0 aliphatic carbocycles. The smallest absolute Gasteiger partial charge is 0.262 e. The van der Waals surface area contributed by atoms with Crippen molar-refractivity contribution in [1.82, 2.24) is 15.1 Å². The summed E-state index contributed by atoms with van der Waals surface area (Å²) in [6.07, 6.45) is 1.45. The standard InChI is InChI=1S/C21H23F2N5O/c1-13-6-14(10-24)7-18(29)19(13)17-8-15-4-3-5-28(20(15)26-25-17)16-9-21(22,23)12-27(2)11-16/h6-8,16,29H,3-5,9,11-12H2,1-2H3/t16-/m0/s1. The third kappa shape index (κ3) is 3.75. The van der Waals surface area contributed by atoms with Gasteiger partial charge in [-0.3, -0.25) is 4.90 Å². The molecule has 0 unspecified atom stereocenters. The normalized spacial score (nSPS) is 21.5. The fourth-order valence-electron chi connectivity index (χ4n) is 4.54. The maximum atomic E-state index is 14.1. The number of halogens is 2. The van der Waals surface area contributed by atoms with Crippen LogP contribution in [0.15, 0.2) is 18.2 Å². The van der Waals surface area contributed by atoms with Crippen molar-refractivity contribution in [2.45, 2.75) is 38.2 Å². The Morgan fingerprint density at radius 3 is 2.76 bits per heavy atom. The lowest BCUT2D eigenvalue weighted by Crippen LogP contribution is -2.55. The van der Waals surface area contributed by atoms with Crippen LogP contribution in [0.3, 0.4) is 0 Å². The number of benzene rings is 1. The summed E-state index contributed by atoms with van der Waals surface area (Å²) in [7, 11) is 1.72. The molecule has 8 heteroatoms. The number of likely N-dealkylation sites (tertiary alicyclic amines) is 1. The fourth-order valence-corrected chi connectivity index (χ4v) is 4.54. The number of aromatic nitrogens is 2. The highest BCUT2D eigenvalue weighted by Gasteiger charge is 2.42. The molecule has 3 heterocycles. The summed E-state index contributed by atoms with van der Waals surface area (Å²) in [6, 6.07) is 6.70. The van der Waals surface area contributed by atoms with Crippen LogP contribution < -0.4 is 4.90 Å². The van der Waals surface area contributed by atoms with Crippen LogP contribution in [0.4, 0.5) is 14.6 Å². The molecule has 0 bridgehead atoms. The minimum Gasteiger partial charge on any atom is -0.507 e. The van der Waals surface area contributed by atoms with Gasteiger partial charge in [0.2, 0.25) is 0 Å². The van der Waals surface area contributed by atoms with Crippen LogP contribution in [0.25, 0.3) is 11.3 Å². The number of hydrogen-bond donors (Lipinski definition) is 1. The Morgan fingerprint density at radius 1 is 1.28 bits per heavy atom. The average Bonchev–Trinajstić information content (AvgIpc) is 2.65. The largest absolute Gasteiger partial charge is 0.507 e. The second-order valence-corrected chi connectivity index (χ2v) is 8.09. The Hall–Kier alpha value is -2.79. The lowest BCUT2D eigenvalue weighted by molar-refractivity contribution is -0.0648. The van der Waals surface area contributed by atoms with Crippen molar-refractivity contribution in [3.63, 3.8) is 0 Å². The lowest BCUT2D eigenvalue weighted by atomic mass is 9.96. The van der Waals surface area contributed by atoms with Crippen molar-refractivity contribution >= 4 is 5.82 Å². The molecule has 1 fully saturated rings. The molecule has 1 N–H and O–H groups in total. The second-order valence-electron chi connectivity index (χ2n) is 8.09. The number of alkyl halides is 2. The fraction of sp³-hybridized carbons (Fsp3) is 0.476. The zero-order valence-electron chi connectivity index (χ0n) is 16.5. The highest BCUT2D eigenvalue weighted by Crippen LogP contribution is 2.37. The monoisotopic (exact) mass is 399 g/mol. The Balaban J connectivity index is 1.69. The van der Waals surface area contributed by atoms with Gasteiger partial charge in [-0.15, -0.1) is 10.2 Å². The molecule has 0 amide bonds. The zero-order valence-corrected chi connectivity index (χ0v) is 16.5. The van der Waals surface area contributed by atoms with Gasteiger partial charge in [-0.2, -0.15) is 5.26 Å². The van der Waals surface area contributed by atoms with E-state index in [1.807, 2.05) is 24.0 Å². The number of aryl methyl sites for hydroxylation is 2. The van der Waals surface area contributed by atoms with Crippen LogP contribution in [0, 0.1) is 18.3 Å². The van der Waals surface area contributed by atoms with Crippen molar-refractivity contribution in [2.75, 3.05) is 31.6 Å². The number of anilines is 1. The summed E-state index contributed by atoms with van der Waals surface area (Å²) in [5, 5.41) is 28.1. The molecular formula is C21H23F2N5O. The van der Waals surface area contributed by atoms with Gasteiger partial charge < -0.3 is 10.0 Å². The minimum absolute atomic E-state index is 0.0167. The number of likely N-dealkylation sites (N-methyl/N-ethyl adjacent to an activating group) is 1. The first-order valence-corrected chi connectivity index (χ1v) is 9.71. The number of nitriles is 1. The third-order valence-electron chi connectivity index (χ3n) is 5.67. The van der Waals surface area contributed by atoms with Gasteiger partial charge in [-0.05, 0) is 56.1 Å². The molecule has 2 aliphatic rings. The van der Waals surface area contributed by atoms with Gasteiger partial charge in [0.1, 0.15) is 5.75 Å². The number of phenolic OH excluding ortho intramolecular Hbond substituents is 1. The number of nitrogens with zero attached hydrogens (tertiary/aromatic N) is 5. The van der Waals surface area contributed by atoms with Crippen LogP contribution >= 0.6 is 0 Å². The van der Waals surface area contributed by atoms with Gasteiger partial charge in [-0.25, -0.2) is 8.78 Å². The first-order valence-electron chi connectivity index (χ1n) is 9.71. The summed E-state index contributed by atoms with van der Waals surface area (Å²) in [5.74, 6) is -2.08. The molecule has 6 nitrogen and oxygen atoms in total. The van der Waals surface area contributed by atoms with Crippen LogP contribution in [0.2, 0.25) is 0 Å². The van der Waals surface area contributed by atoms with E-state index in [9.17, 15) is 13.9 Å². The minimum atomic E-state index is -2.71. The van der Waals surface area contributed by atoms with E-state index >= 15 is 0 Å². The molecule has 1 saturated heterocycles. The molecule has 1 aromatic carbocycles. The SMILES string of the molecule is Cc1cc(C#N)cc(O)c1-c1cc2c(nn1)N([C@@H]1CN(C)CC(F)(F)C1)CCC2. The number of piperidine rings is 1. The number of rotatable bonds is 2. The average molecular weight is 399 g/mol. The summed E-state index contributed by atoms with van der Waals surface area (Å²) in [6.45, 7) is 2.83. The molecule has 0 radical (unpaired) electrons. The Kier molecular flexibility index (Phi) is 4.87. The van der Waals surface area contributed by atoms with Crippen molar-refractivity contribution in [3.05, 3.63) is 34.9 Å². The predicted molar refractivity (Wildman–Crippen MR) is 105 cm³/mol. The molecule has 1 aromatic heterocycles. The summed E-state index contributed by atoms with van der Waals surface area (Å²) in [4.78, 5) is 3.63. The van der Waals surface area contributed by atoms with Crippen molar-refractivity contribution in [1.29, 1.82) is 5.26 Å². The van der Waals surface area contributed by atoms with Gasteiger partial charge >= 0.3 is 0 Å². The second kappa shape index (κ2) is 7.23.